The summed E-state index contributed by atoms with van der Waals surface area (Å²) >= 11 is 0. The van der Waals surface area contributed by atoms with Crippen molar-refractivity contribution in [2.75, 3.05) is 26.0 Å². The highest BCUT2D eigenvalue weighted by atomic mass is 15.1. The van der Waals surface area contributed by atoms with E-state index in [2.05, 4.69) is 66.3 Å². The minimum atomic E-state index is 0.623. The number of anilines is 1. The normalized spacial score (nSPS) is 15.9. The highest BCUT2D eigenvalue weighted by molar-refractivity contribution is 5.77. The lowest BCUT2D eigenvalue weighted by Gasteiger charge is -2.31. The average molecular weight is 397 g/mol. The van der Waals surface area contributed by atoms with Crippen molar-refractivity contribution in [3.8, 4) is 0 Å². The molecule has 1 aromatic heterocycles. The van der Waals surface area contributed by atoms with Crippen LogP contribution in [0.2, 0.25) is 0 Å². The van der Waals surface area contributed by atoms with Crippen molar-refractivity contribution in [3.63, 3.8) is 0 Å². The van der Waals surface area contributed by atoms with Gasteiger partial charge in [-0.1, -0.05) is 45.6 Å². The number of pyridine rings is 1. The van der Waals surface area contributed by atoms with Crippen LogP contribution in [0.1, 0.15) is 69.5 Å². The monoisotopic (exact) mass is 396 g/mol. The first-order valence-electron chi connectivity index (χ1n) is 11.3. The zero-order chi connectivity index (χ0) is 21.1. The van der Waals surface area contributed by atoms with Gasteiger partial charge in [-0.05, 0) is 44.4 Å². The lowest BCUT2D eigenvalue weighted by atomic mass is 9.94. The molecule has 1 fully saturated rings. The summed E-state index contributed by atoms with van der Waals surface area (Å²) in [6.45, 7) is 9.33. The molecule has 29 heavy (non-hydrogen) atoms. The maximum absolute atomic E-state index is 4.61. The Labute approximate surface area is 178 Å². The van der Waals surface area contributed by atoms with Crippen LogP contribution in [0.5, 0.6) is 0 Å². The van der Waals surface area contributed by atoms with E-state index >= 15 is 0 Å². The molecule has 0 saturated heterocycles. The van der Waals surface area contributed by atoms with E-state index in [4.69, 9.17) is 0 Å². The van der Waals surface area contributed by atoms with Crippen LogP contribution in [-0.2, 0) is 0 Å². The maximum Gasteiger partial charge on any atom is 0.0530 e. The van der Waals surface area contributed by atoms with Crippen LogP contribution in [0.4, 0.5) is 5.69 Å². The maximum atomic E-state index is 4.61. The molecule has 1 aromatic rings. The summed E-state index contributed by atoms with van der Waals surface area (Å²) in [4.78, 5) is 7.02. The Morgan fingerprint density at radius 2 is 2.03 bits per heavy atom. The van der Waals surface area contributed by atoms with E-state index in [1.807, 2.05) is 19.3 Å². The zero-order valence-electron chi connectivity index (χ0n) is 18.9. The zero-order valence-corrected chi connectivity index (χ0v) is 18.9. The summed E-state index contributed by atoms with van der Waals surface area (Å²) in [7, 11) is 4.16. The standard InChI is InChI=1S/C25H40N4/c1-6-8-12-15-27-22(7-2)16-21(19-29(5)24-13-10-9-11-14-24)25-17-23(26-4)18-28-20(25)3/h7,16-19,24,26-27H,2,6,8-15H2,1,3-5H3/b21-19+,22-16+. The van der Waals surface area contributed by atoms with Crippen LogP contribution in [0.15, 0.2) is 42.9 Å². The molecule has 2 rings (SSSR count). The van der Waals surface area contributed by atoms with Gasteiger partial charge in [-0.25, -0.2) is 0 Å². The molecular weight excluding hydrogens is 356 g/mol. The SMILES string of the molecule is C=C/C(=C\C(=C/N(C)C1CCCCC1)c1cc(NC)cnc1C)NCCCCC. The Morgan fingerprint density at radius 1 is 1.28 bits per heavy atom. The Morgan fingerprint density at radius 3 is 2.69 bits per heavy atom. The van der Waals surface area contributed by atoms with Crippen LogP contribution >= 0.6 is 0 Å². The second-order valence-electron chi connectivity index (χ2n) is 8.09. The number of hydrogen-bond acceptors (Lipinski definition) is 4. The molecule has 0 aromatic carbocycles. The molecule has 0 aliphatic heterocycles. The molecular formula is C25H40N4. The van der Waals surface area contributed by atoms with Gasteiger partial charge in [0.1, 0.15) is 0 Å². The molecule has 1 aliphatic rings. The Hall–Kier alpha value is -2.23. The summed E-state index contributed by atoms with van der Waals surface area (Å²) in [5.74, 6) is 0. The van der Waals surface area contributed by atoms with E-state index in [9.17, 15) is 0 Å². The molecule has 0 unspecified atom stereocenters. The third kappa shape index (κ3) is 7.26. The smallest absolute Gasteiger partial charge is 0.0530 e. The fourth-order valence-corrected chi connectivity index (χ4v) is 3.92. The van der Waals surface area contributed by atoms with Gasteiger partial charge in [0.2, 0.25) is 0 Å². The first kappa shape index (κ1) is 23.1. The molecule has 0 atom stereocenters. The number of allylic oxidation sites excluding steroid dienone is 3. The molecule has 1 saturated carbocycles. The number of nitrogens with zero attached hydrogens (tertiary/aromatic N) is 2. The van der Waals surface area contributed by atoms with Crippen LogP contribution in [0.25, 0.3) is 5.57 Å². The first-order valence-corrected chi connectivity index (χ1v) is 11.3. The van der Waals surface area contributed by atoms with E-state index in [0.29, 0.717) is 6.04 Å². The number of aryl methyl sites for hydroxylation is 1. The highest BCUT2D eigenvalue weighted by Gasteiger charge is 2.17. The molecule has 0 spiro atoms. The summed E-state index contributed by atoms with van der Waals surface area (Å²) in [6.07, 6.45) is 18.6. The van der Waals surface area contributed by atoms with Gasteiger partial charge in [-0.3, -0.25) is 4.98 Å². The number of rotatable bonds is 11. The van der Waals surface area contributed by atoms with Gasteiger partial charge in [-0.2, -0.15) is 0 Å². The predicted molar refractivity (Wildman–Crippen MR) is 127 cm³/mol. The second-order valence-corrected chi connectivity index (χ2v) is 8.09. The van der Waals surface area contributed by atoms with Crippen LogP contribution in [0, 0.1) is 6.92 Å². The summed E-state index contributed by atoms with van der Waals surface area (Å²) in [5.41, 5.74) is 5.48. The van der Waals surface area contributed by atoms with Crippen LogP contribution in [0.3, 0.4) is 0 Å². The number of hydrogen-bond donors (Lipinski definition) is 2. The fourth-order valence-electron chi connectivity index (χ4n) is 3.92. The predicted octanol–water partition coefficient (Wildman–Crippen LogP) is 5.89. The molecule has 1 aliphatic carbocycles. The van der Waals surface area contributed by atoms with E-state index < -0.39 is 0 Å². The van der Waals surface area contributed by atoms with Gasteiger partial charge in [-0.15, -0.1) is 0 Å². The van der Waals surface area contributed by atoms with Crippen LogP contribution in [-0.4, -0.2) is 36.6 Å². The topological polar surface area (TPSA) is 40.2 Å². The largest absolute Gasteiger partial charge is 0.387 e. The molecule has 4 nitrogen and oxygen atoms in total. The average Bonchev–Trinajstić information content (AvgIpc) is 2.76. The van der Waals surface area contributed by atoms with Crippen molar-refractivity contribution in [1.82, 2.24) is 15.2 Å². The number of nitrogens with one attached hydrogen (secondary N) is 2. The summed E-state index contributed by atoms with van der Waals surface area (Å²) in [5, 5.41) is 6.77. The molecule has 0 amide bonds. The van der Waals surface area contributed by atoms with Gasteiger partial charge < -0.3 is 15.5 Å². The lowest BCUT2D eigenvalue weighted by molar-refractivity contribution is 0.255. The minimum absolute atomic E-state index is 0.623. The van der Waals surface area contributed by atoms with Gasteiger partial charge in [0, 0.05) is 55.4 Å². The van der Waals surface area contributed by atoms with E-state index in [-0.39, 0.29) is 0 Å². The number of unbranched alkanes of at least 4 members (excludes halogenated alkanes) is 2. The first-order chi connectivity index (χ1) is 14.1. The Kier molecular flexibility index (Phi) is 9.82. The molecule has 0 radical (unpaired) electrons. The summed E-state index contributed by atoms with van der Waals surface area (Å²) < 4.78 is 0. The molecule has 160 valence electrons. The van der Waals surface area contributed by atoms with Gasteiger partial charge in [0.05, 0.1) is 11.9 Å². The third-order valence-corrected chi connectivity index (χ3v) is 5.82. The van der Waals surface area contributed by atoms with E-state index in [0.717, 1.165) is 29.2 Å². The summed E-state index contributed by atoms with van der Waals surface area (Å²) in [6, 6.07) is 2.81. The molecule has 4 heteroatoms. The van der Waals surface area contributed by atoms with Crippen molar-refractivity contribution < 1.29 is 0 Å². The molecule has 1 heterocycles. The quantitative estimate of drug-likeness (QED) is 0.361. The van der Waals surface area contributed by atoms with E-state index in [1.54, 1.807) is 0 Å². The van der Waals surface area contributed by atoms with Crippen molar-refractivity contribution >= 4 is 11.3 Å². The van der Waals surface area contributed by atoms with Gasteiger partial charge >= 0.3 is 0 Å². The van der Waals surface area contributed by atoms with Crippen molar-refractivity contribution in [1.29, 1.82) is 0 Å². The molecule has 0 bridgehead atoms. The Bertz CT molecular complexity index is 699. The van der Waals surface area contributed by atoms with Gasteiger partial charge in [0.15, 0.2) is 0 Å². The van der Waals surface area contributed by atoms with Crippen molar-refractivity contribution in [2.24, 2.45) is 0 Å². The van der Waals surface area contributed by atoms with Crippen molar-refractivity contribution in [3.05, 3.63) is 54.1 Å². The third-order valence-electron chi connectivity index (χ3n) is 5.82. The van der Waals surface area contributed by atoms with Crippen LogP contribution < -0.4 is 10.6 Å². The highest BCUT2D eigenvalue weighted by Crippen LogP contribution is 2.27. The Balaban J connectivity index is 2.35. The lowest BCUT2D eigenvalue weighted by Crippen LogP contribution is -2.29. The van der Waals surface area contributed by atoms with Crippen molar-refractivity contribution in [2.45, 2.75) is 71.3 Å². The second kappa shape index (κ2) is 12.4. The molecule has 2 N–H and O–H groups in total. The minimum Gasteiger partial charge on any atom is -0.387 e. The van der Waals surface area contributed by atoms with Gasteiger partial charge in [0.25, 0.3) is 0 Å². The number of aromatic nitrogens is 1. The van der Waals surface area contributed by atoms with E-state index in [1.165, 1.54) is 56.9 Å². The fraction of sp³-hybridized carbons (Fsp3) is 0.560.